The number of hydrogen-bond donors (Lipinski definition) is 1. The van der Waals surface area contributed by atoms with Crippen LogP contribution in [0.2, 0.25) is 0 Å². The van der Waals surface area contributed by atoms with Crippen molar-refractivity contribution in [1.29, 1.82) is 0 Å². The Kier molecular flexibility index (Phi) is 6.83. The van der Waals surface area contributed by atoms with E-state index in [0.29, 0.717) is 35.4 Å². The maximum absolute atomic E-state index is 13.6. The van der Waals surface area contributed by atoms with Crippen LogP contribution in [0.15, 0.2) is 46.8 Å². The van der Waals surface area contributed by atoms with Crippen LogP contribution >= 0.6 is 0 Å². The van der Waals surface area contributed by atoms with Crippen LogP contribution in [0.1, 0.15) is 45.1 Å². The Labute approximate surface area is 182 Å². The van der Waals surface area contributed by atoms with Crippen molar-refractivity contribution in [3.05, 3.63) is 52.4 Å². The lowest BCUT2D eigenvalue weighted by atomic mass is 9.69. The smallest absolute Gasteiger partial charge is 0.336 e. The van der Waals surface area contributed by atoms with E-state index in [9.17, 15) is 14.4 Å². The van der Waals surface area contributed by atoms with Gasteiger partial charge in [0, 0.05) is 22.9 Å². The predicted molar refractivity (Wildman–Crippen MR) is 114 cm³/mol. The van der Waals surface area contributed by atoms with Gasteiger partial charge in [0.2, 0.25) is 0 Å². The number of allylic oxidation sites excluding steroid dienone is 3. The Morgan fingerprint density at radius 3 is 2.42 bits per heavy atom. The van der Waals surface area contributed by atoms with Crippen molar-refractivity contribution in [2.24, 2.45) is 11.8 Å². The zero-order valence-electron chi connectivity index (χ0n) is 18.6. The van der Waals surface area contributed by atoms with Gasteiger partial charge in [-0.2, -0.15) is 0 Å². The lowest BCUT2D eigenvalue weighted by Crippen LogP contribution is -2.43. The third-order valence-corrected chi connectivity index (χ3v) is 5.85. The molecule has 1 aromatic carbocycles. The lowest BCUT2D eigenvalue weighted by molar-refractivity contribution is -0.151. The molecule has 7 heteroatoms. The van der Waals surface area contributed by atoms with Gasteiger partial charge in [-0.15, -0.1) is 0 Å². The Morgan fingerprint density at radius 2 is 1.84 bits per heavy atom. The quantitative estimate of drug-likeness (QED) is 0.550. The van der Waals surface area contributed by atoms with E-state index >= 15 is 0 Å². The van der Waals surface area contributed by atoms with Crippen molar-refractivity contribution in [2.45, 2.75) is 39.5 Å². The highest BCUT2D eigenvalue weighted by Gasteiger charge is 2.47. The molecule has 1 aliphatic heterocycles. The third kappa shape index (κ3) is 4.22. The predicted octanol–water partition coefficient (Wildman–Crippen LogP) is 3.26. The molecule has 7 nitrogen and oxygen atoms in total. The Balaban J connectivity index is 2.14. The number of ether oxygens (including phenoxy) is 3. The number of hydrogen-bond acceptors (Lipinski definition) is 7. The number of carbonyl (C=O) groups is 3. The third-order valence-electron chi connectivity index (χ3n) is 5.85. The van der Waals surface area contributed by atoms with E-state index in [1.165, 1.54) is 7.11 Å². The Hall–Kier alpha value is -3.09. The molecule has 0 saturated heterocycles. The summed E-state index contributed by atoms with van der Waals surface area (Å²) in [7, 11) is 2.86. The van der Waals surface area contributed by atoms with E-state index in [2.05, 4.69) is 5.32 Å². The number of nitrogens with one attached hydrogen (secondary N) is 1. The average Bonchev–Trinajstić information content (AvgIpc) is 2.76. The molecule has 0 spiro atoms. The van der Waals surface area contributed by atoms with Gasteiger partial charge in [-0.25, -0.2) is 4.79 Å². The minimum atomic E-state index is -0.905. The van der Waals surface area contributed by atoms with E-state index in [4.69, 9.17) is 14.2 Å². The van der Waals surface area contributed by atoms with Crippen molar-refractivity contribution in [3.8, 4) is 5.75 Å². The fourth-order valence-electron chi connectivity index (χ4n) is 4.35. The van der Waals surface area contributed by atoms with E-state index in [1.54, 1.807) is 19.2 Å². The highest BCUT2D eigenvalue weighted by molar-refractivity contribution is 6.12. The molecule has 0 bridgehead atoms. The first-order valence-corrected chi connectivity index (χ1v) is 10.5. The molecule has 3 atom stereocenters. The molecule has 166 valence electrons. The number of dihydropyridines is 1. The molecule has 1 heterocycles. The summed E-state index contributed by atoms with van der Waals surface area (Å²) < 4.78 is 15.6. The number of benzene rings is 1. The molecule has 2 aliphatic rings. The second-order valence-electron chi connectivity index (χ2n) is 7.94. The standard InChI is InChI=1S/C24H29NO6/c1-6-11-31-24(28)19-14(3)25-17-12-13(2)18(23(27)30-5)22(26)21(17)20(19)15-7-9-16(29-4)10-8-15/h7-10,13,18,20,25H,6,11-12H2,1-5H3/t13-,18-,20-/m1/s1. The summed E-state index contributed by atoms with van der Waals surface area (Å²) in [5, 5.41) is 3.25. The summed E-state index contributed by atoms with van der Waals surface area (Å²) in [5.74, 6) is -2.44. The summed E-state index contributed by atoms with van der Waals surface area (Å²) in [4.78, 5) is 39.0. The number of esters is 2. The molecule has 0 aromatic heterocycles. The normalized spacial score (nSPS) is 23.1. The Bertz CT molecular complexity index is 943. The molecule has 1 aromatic rings. The summed E-state index contributed by atoms with van der Waals surface area (Å²) in [6, 6.07) is 7.24. The van der Waals surface area contributed by atoms with Crippen molar-refractivity contribution < 1.29 is 28.6 Å². The summed E-state index contributed by atoms with van der Waals surface area (Å²) >= 11 is 0. The van der Waals surface area contributed by atoms with Gasteiger partial charge in [-0.1, -0.05) is 26.0 Å². The summed E-state index contributed by atoms with van der Waals surface area (Å²) in [5.41, 5.74) is 2.95. The monoisotopic (exact) mass is 427 g/mol. The molecule has 0 radical (unpaired) electrons. The molecule has 0 unspecified atom stereocenters. The minimum absolute atomic E-state index is 0.218. The van der Waals surface area contributed by atoms with Crippen LogP contribution in [-0.4, -0.2) is 38.5 Å². The maximum Gasteiger partial charge on any atom is 0.336 e. The van der Waals surface area contributed by atoms with Crippen molar-refractivity contribution >= 4 is 17.7 Å². The molecule has 0 saturated carbocycles. The largest absolute Gasteiger partial charge is 0.497 e. The zero-order valence-corrected chi connectivity index (χ0v) is 18.6. The summed E-state index contributed by atoms with van der Waals surface area (Å²) in [6.45, 7) is 5.87. The Morgan fingerprint density at radius 1 is 1.16 bits per heavy atom. The van der Waals surface area contributed by atoms with Crippen molar-refractivity contribution in [1.82, 2.24) is 5.32 Å². The zero-order chi connectivity index (χ0) is 22.7. The van der Waals surface area contributed by atoms with Crippen molar-refractivity contribution in [3.63, 3.8) is 0 Å². The van der Waals surface area contributed by atoms with Gasteiger partial charge < -0.3 is 19.5 Å². The van der Waals surface area contributed by atoms with E-state index in [0.717, 1.165) is 11.3 Å². The maximum atomic E-state index is 13.6. The molecule has 1 N–H and O–H groups in total. The fourth-order valence-corrected chi connectivity index (χ4v) is 4.35. The van der Waals surface area contributed by atoms with Gasteiger partial charge in [-0.05, 0) is 43.4 Å². The van der Waals surface area contributed by atoms with Crippen LogP contribution in [-0.2, 0) is 23.9 Å². The van der Waals surface area contributed by atoms with Crippen molar-refractivity contribution in [2.75, 3.05) is 20.8 Å². The molecule has 0 fully saturated rings. The number of rotatable bonds is 6. The highest BCUT2D eigenvalue weighted by atomic mass is 16.5. The molecule has 0 amide bonds. The van der Waals surface area contributed by atoms with Crippen LogP contribution in [0.5, 0.6) is 5.75 Å². The van der Waals surface area contributed by atoms with E-state index in [1.807, 2.05) is 32.9 Å². The first-order valence-electron chi connectivity index (χ1n) is 10.5. The SMILES string of the molecule is CCCOC(=O)C1=C(C)NC2=C(C(=O)[C@H](C(=O)OC)[C@H](C)C2)[C@@H]1c1ccc(OC)cc1. The first kappa shape index (κ1) is 22.6. The second kappa shape index (κ2) is 9.37. The van der Waals surface area contributed by atoms with Gasteiger partial charge in [0.25, 0.3) is 0 Å². The fraction of sp³-hybridized carbons (Fsp3) is 0.458. The molecule has 1 aliphatic carbocycles. The van der Waals surface area contributed by atoms with Gasteiger partial charge >= 0.3 is 11.9 Å². The highest BCUT2D eigenvalue weighted by Crippen LogP contribution is 2.45. The number of methoxy groups -OCH3 is 2. The number of carbonyl (C=O) groups excluding carboxylic acids is 3. The van der Waals surface area contributed by atoms with Crippen LogP contribution in [0, 0.1) is 11.8 Å². The number of ketones is 1. The van der Waals surface area contributed by atoms with Crippen LogP contribution < -0.4 is 10.1 Å². The summed E-state index contributed by atoms with van der Waals surface area (Å²) in [6.07, 6.45) is 1.19. The van der Waals surface area contributed by atoms with Gasteiger partial charge in [-0.3, -0.25) is 9.59 Å². The topological polar surface area (TPSA) is 90.9 Å². The first-order chi connectivity index (χ1) is 14.8. The van der Waals surface area contributed by atoms with Crippen LogP contribution in [0.4, 0.5) is 0 Å². The van der Waals surface area contributed by atoms with Gasteiger partial charge in [0.15, 0.2) is 5.78 Å². The molecule has 3 rings (SSSR count). The molecular weight excluding hydrogens is 398 g/mol. The average molecular weight is 427 g/mol. The van der Waals surface area contributed by atoms with E-state index in [-0.39, 0.29) is 18.3 Å². The van der Waals surface area contributed by atoms with E-state index < -0.39 is 23.8 Å². The lowest BCUT2D eigenvalue weighted by Gasteiger charge is -2.38. The van der Waals surface area contributed by atoms with Crippen LogP contribution in [0.3, 0.4) is 0 Å². The second-order valence-corrected chi connectivity index (χ2v) is 7.94. The molecular formula is C24H29NO6. The minimum Gasteiger partial charge on any atom is -0.497 e. The van der Waals surface area contributed by atoms with Gasteiger partial charge in [0.05, 0.1) is 26.4 Å². The molecule has 31 heavy (non-hydrogen) atoms. The van der Waals surface area contributed by atoms with Gasteiger partial charge in [0.1, 0.15) is 11.7 Å². The van der Waals surface area contributed by atoms with Crippen LogP contribution in [0.25, 0.3) is 0 Å². The number of Topliss-reactive ketones (excluding diaryl/α,β-unsaturated/α-hetero) is 1.